The number of carbonyl (C=O) groups is 2. The summed E-state index contributed by atoms with van der Waals surface area (Å²) in [4.78, 5) is 21.9. The zero-order valence-electron chi connectivity index (χ0n) is 11.7. The van der Waals surface area contributed by atoms with Gasteiger partial charge in [0.2, 0.25) is 5.76 Å². The van der Waals surface area contributed by atoms with E-state index in [1.807, 2.05) is 12.1 Å². The van der Waals surface area contributed by atoms with E-state index in [0.29, 0.717) is 22.6 Å². The summed E-state index contributed by atoms with van der Waals surface area (Å²) in [5.74, 6) is -3.24. The van der Waals surface area contributed by atoms with Crippen molar-refractivity contribution in [3.8, 4) is 5.75 Å². The lowest BCUT2D eigenvalue weighted by Crippen LogP contribution is -2.10. The molecule has 1 aromatic heterocycles. The number of aliphatic carboxylic acids is 2. The summed E-state index contributed by atoms with van der Waals surface area (Å²) in [5.41, 5.74) is 3.63. The second kappa shape index (κ2) is 4.61. The van der Waals surface area contributed by atoms with Crippen molar-refractivity contribution in [3.05, 3.63) is 53.3 Å². The van der Waals surface area contributed by atoms with Crippen LogP contribution in [-0.4, -0.2) is 22.2 Å². The molecule has 6 heteroatoms. The van der Waals surface area contributed by atoms with Crippen LogP contribution in [0.3, 0.4) is 0 Å². The first-order valence-electron chi connectivity index (χ1n) is 6.86. The molecule has 114 valence electrons. The Morgan fingerprint density at radius 1 is 1.09 bits per heavy atom. The monoisotopic (exact) mass is 310 g/mol. The summed E-state index contributed by atoms with van der Waals surface area (Å²) < 4.78 is 11.1. The van der Waals surface area contributed by atoms with E-state index in [2.05, 4.69) is 0 Å². The van der Waals surface area contributed by atoms with Crippen LogP contribution in [0.5, 0.6) is 5.75 Å². The summed E-state index contributed by atoms with van der Waals surface area (Å²) in [6.07, 6.45) is 1.39. The first kappa shape index (κ1) is 13.4. The van der Waals surface area contributed by atoms with Gasteiger partial charge < -0.3 is 19.4 Å². The molecule has 0 radical (unpaired) electrons. The van der Waals surface area contributed by atoms with Crippen LogP contribution in [0.15, 0.2) is 46.6 Å². The molecule has 1 heterocycles. The Balaban J connectivity index is 1.92. The van der Waals surface area contributed by atoms with Crippen LogP contribution in [0.25, 0.3) is 21.9 Å². The number of rotatable bonds is 4. The SMILES string of the molecule is O=C(O)/C=C(\Oc1cccc2oc3ccc4c(c3c12)C4)C(=O)O. The van der Waals surface area contributed by atoms with Crippen molar-refractivity contribution in [1.29, 1.82) is 0 Å². The maximum absolute atomic E-state index is 11.2. The summed E-state index contributed by atoms with van der Waals surface area (Å²) in [5, 5.41) is 19.4. The lowest BCUT2D eigenvalue weighted by molar-refractivity contribution is -0.137. The third kappa shape index (κ3) is 2.12. The highest BCUT2D eigenvalue weighted by molar-refractivity contribution is 6.12. The Labute approximate surface area is 129 Å². The molecule has 0 fully saturated rings. The summed E-state index contributed by atoms with van der Waals surface area (Å²) in [6, 6.07) is 8.89. The largest absolute Gasteiger partial charge is 0.478 e. The van der Waals surface area contributed by atoms with Gasteiger partial charge in [0.25, 0.3) is 0 Å². The van der Waals surface area contributed by atoms with Crippen molar-refractivity contribution >= 4 is 33.9 Å². The van der Waals surface area contributed by atoms with Gasteiger partial charge in [0.05, 0.1) is 11.5 Å². The fourth-order valence-corrected chi connectivity index (χ4v) is 2.73. The van der Waals surface area contributed by atoms with Crippen LogP contribution in [0.1, 0.15) is 11.1 Å². The van der Waals surface area contributed by atoms with Crippen molar-refractivity contribution in [1.82, 2.24) is 0 Å². The van der Waals surface area contributed by atoms with Crippen LogP contribution in [0.4, 0.5) is 0 Å². The quantitative estimate of drug-likeness (QED) is 0.444. The van der Waals surface area contributed by atoms with E-state index in [1.165, 1.54) is 5.56 Å². The minimum absolute atomic E-state index is 0.261. The van der Waals surface area contributed by atoms with Gasteiger partial charge in [0.15, 0.2) is 0 Å². The van der Waals surface area contributed by atoms with E-state index in [0.717, 1.165) is 17.4 Å². The second-order valence-electron chi connectivity index (χ2n) is 5.24. The number of carboxylic acids is 2. The molecule has 6 nitrogen and oxygen atoms in total. The van der Waals surface area contributed by atoms with Gasteiger partial charge in [-0.1, -0.05) is 12.1 Å². The molecule has 2 N–H and O–H groups in total. The van der Waals surface area contributed by atoms with Crippen molar-refractivity contribution in [2.45, 2.75) is 6.42 Å². The molecule has 1 aliphatic carbocycles. The normalized spacial score (nSPS) is 13.1. The minimum Gasteiger partial charge on any atom is -0.478 e. The zero-order chi connectivity index (χ0) is 16.1. The number of furan rings is 1. The Bertz CT molecular complexity index is 1020. The maximum atomic E-state index is 11.2. The Kier molecular flexibility index (Phi) is 2.68. The molecule has 0 unspecified atom stereocenters. The van der Waals surface area contributed by atoms with Crippen LogP contribution >= 0.6 is 0 Å². The second-order valence-corrected chi connectivity index (χ2v) is 5.24. The molecular weight excluding hydrogens is 300 g/mol. The van der Waals surface area contributed by atoms with E-state index in [9.17, 15) is 9.59 Å². The summed E-state index contributed by atoms with van der Waals surface area (Å²) in [7, 11) is 0. The fourth-order valence-electron chi connectivity index (χ4n) is 2.73. The lowest BCUT2D eigenvalue weighted by Gasteiger charge is -2.06. The molecule has 1 aliphatic rings. The molecule has 0 bridgehead atoms. The van der Waals surface area contributed by atoms with Crippen LogP contribution in [0, 0.1) is 0 Å². The van der Waals surface area contributed by atoms with Crippen LogP contribution in [-0.2, 0) is 16.0 Å². The third-order valence-corrected chi connectivity index (χ3v) is 3.76. The van der Waals surface area contributed by atoms with E-state index < -0.39 is 17.7 Å². The highest BCUT2D eigenvalue weighted by Crippen LogP contribution is 2.44. The van der Waals surface area contributed by atoms with Gasteiger partial charge in [-0.3, -0.25) is 0 Å². The molecule has 3 aromatic rings. The smallest absolute Gasteiger partial charge is 0.372 e. The van der Waals surface area contributed by atoms with Gasteiger partial charge in [0, 0.05) is 5.39 Å². The van der Waals surface area contributed by atoms with E-state index >= 15 is 0 Å². The Hall–Kier alpha value is -3.28. The molecule has 4 rings (SSSR count). The van der Waals surface area contributed by atoms with E-state index in [4.69, 9.17) is 19.4 Å². The van der Waals surface area contributed by atoms with Gasteiger partial charge >= 0.3 is 11.9 Å². The predicted molar refractivity (Wildman–Crippen MR) is 80.5 cm³/mol. The minimum atomic E-state index is -1.45. The highest BCUT2D eigenvalue weighted by Gasteiger charge is 2.26. The van der Waals surface area contributed by atoms with E-state index in [1.54, 1.807) is 18.2 Å². The predicted octanol–water partition coefficient (Wildman–Crippen LogP) is 2.92. The Morgan fingerprint density at radius 2 is 1.87 bits per heavy atom. The molecule has 2 aromatic carbocycles. The molecule has 23 heavy (non-hydrogen) atoms. The maximum Gasteiger partial charge on any atom is 0.372 e. The van der Waals surface area contributed by atoms with Crippen molar-refractivity contribution in [2.24, 2.45) is 0 Å². The highest BCUT2D eigenvalue weighted by atomic mass is 16.5. The molecule has 0 atom stereocenters. The zero-order valence-corrected chi connectivity index (χ0v) is 11.7. The molecule has 0 saturated carbocycles. The topological polar surface area (TPSA) is 97.0 Å². The number of benzene rings is 2. The van der Waals surface area contributed by atoms with Crippen molar-refractivity contribution < 1.29 is 29.0 Å². The fraction of sp³-hybridized carbons (Fsp3) is 0.0588. The van der Waals surface area contributed by atoms with Gasteiger partial charge in [-0.15, -0.1) is 0 Å². The van der Waals surface area contributed by atoms with E-state index in [-0.39, 0.29) is 5.75 Å². The summed E-state index contributed by atoms with van der Waals surface area (Å²) >= 11 is 0. The Morgan fingerprint density at radius 3 is 2.61 bits per heavy atom. The number of ether oxygens (including phenoxy) is 1. The number of fused-ring (bicyclic) bond motifs is 5. The van der Waals surface area contributed by atoms with Gasteiger partial charge in [-0.25, -0.2) is 9.59 Å². The van der Waals surface area contributed by atoms with Crippen LogP contribution < -0.4 is 4.74 Å². The summed E-state index contributed by atoms with van der Waals surface area (Å²) in [6.45, 7) is 0. The first-order chi connectivity index (χ1) is 11.0. The molecule has 0 spiro atoms. The first-order valence-corrected chi connectivity index (χ1v) is 6.86. The van der Waals surface area contributed by atoms with Crippen molar-refractivity contribution in [3.63, 3.8) is 0 Å². The third-order valence-electron chi connectivity index (χ3n) is 3.76. The average Bonchev–Trinajstić information content (AvgIpc) is 3.18. The molecule has 0 aliphatic heterocycles. The van der Waals surface area contributed by atoms with Crippen LogP contribution in [0.2, 0.25) is 0 Å². The molecule has 0 amide bonds. The van der Waals surface area contributed by atoms with Gasteiger partial charge in [-0.2, -0.15) is 0 Å². The van der Waals surface area contributed by atoms with Crippen molar-refractivity contribution in [2.75, 3.05) is 0 Å². The number of carboxylic acid groups (broad SMARTS) is 2. The van der Waals surface area contributed by atoms with Gasteiger partial charge in [0.1, 0.15) is 16.9 Å². The number of hydrogen-bond donors (Lipinski definition) is 2. The standard InChI is InChI=1S/C17H10O6/c18-14(19)7-13(17(20)21)23-11-3-1-2-10-16(11)15-9-6-8(9)4-5-12(15)22-10/h1-5,7H,6H2,(H,18,19)(H,20,21)/b13-7-. The average molecular weight is 310 g/mol. The lowest BCUT2D eigenvalue weighted by atomic mass is 10.1. The number of hydrogen-bond acceptors (Lipinski definition) is 4. The molecule has 0 saturated heterocycles. The molecular formula is C17H10O6. The van der Waals surface area contributed by atoms with Gasteiger partial charge in [-0.05, 0) is 35.7 Å².